The zero-order valence-electron chi connectivity index (χ0n) is 17.3. The number of fused-ring (bicyclic) bond motifs is 2. The second-order valence-electron chi connectivity index (χ2n) is 8.43. The Bertz CT molecular complexity index is 700. The predicted octanol–water partition coefficient (Wildman–Crippen LogP) is 1.72. The molecule has 0 aliphatic carbocycles. The van der Waals surface area contributed by atoms with Crippen molar-refractivity contribution in [1.82, 2.24) is 14.7 Å². The van der Waals surface area contributed by atoms with Gasteiger partial charge in [0.1, 0.15) is 5.75 Å². The van der Waals surface area contributed by atoms with Gasteiger partial charge in [-0.15, -0.1) is 0 Å². The molecule has 4 rings (SSSR count). The second kappa shape index (κ2) is 8.39. The van der Waals surface area contributed by atoms with Crippen LogP contribution < -0.4 is 4.74 Å². The van der Waals surface area contributed by atoms with Crippen LogP contribution in [0.1, 0.15) is 30.4 Å². The molecule has 0 saturated carbocycles. The molecule has 154 valence electrons. The minimum atomic E-state index is -0.234. The first-order valence-electron chi connectivity index (χ1n) is 10.6. The Morgan fingerprint density at radius 2 is 1.96 bits per heavy atom. The largest absolute Gasteiger partial charge is 0.497 e. The standard InChI is InChI=1S/C22H33N3O3/c1-23-9-3-10-24(14-13-23)17-21(26)25-11-7-22(8-12-25)20-5-4-19(27-2)16-18(20)6-15-28-22/h4-5,16H,3,6-15,17H2,1-2H3. The molecule has 0 N–H and O–H groups in total. The van der Waals surface area contributed by atoms with E-state index in [4.69, 9.17) is 9.47 Å². The number of ether oxygens (including phenoxy) is 2. The number of hydrogen-bond donors (Lipinski definition) is 0. The predicted molar refractivity (Wildman–Crippen MR) is 109 cm³/mol. The molecule has 2 saturated heterocycles. The van der Waals surface area contributed by atoms with Gasteiger partial charge in [0.15, 0.2) is 0 Å². The van der Waals surface area contributed by atoms with E-state index in [1.165, 1.54) is 11.1 Å². The van der Waals surface area contributed by atoms with E-state index in [1.54, 1.807) is 7.11 Å². The molecular formula is C22H33N3O3. The highest BCUT2D eigenvalue weighted by Gasteiger charge is 2.41. The lowest BCUT2D eigenvalue weighted by atomic mass is 9.79. The van der Waals surface area contributed by atoms with Crippen molar-refractivity contribution in [3.8, 4) is 5.75 Å². The first-order chi connectivity index (χ1) is 13.6. The van der Waals surface area contributed by atoms with Crippen LogP contribution in [0.4, 0.5) is 0 Å². The average Bonchev–Trinajstić information content (AvgIpc) is 2.92. The summed E-state index contributed by atoms with van der Waals surface area (Å²) < 4.78 is 11.7. The van der Waals surface area contributed by atoms with Crippen molar-refractivity contribution in [3.63, 3.8) is 0 Å². The Labute approximate surface area is 168 Å². The van der Waals surface area contributed by atoms with Crippen LogP contribution in [-0.4, -0.2) is 87.2 Å². The van der Waals surface area contributed by atoms with Crippen molar-refractivity contribution in [2.45, 2.75) is 31.3 Å². The van der Waals surface area contributed by atoms with E-state index >= 15 is 0 Å². The minimum absolute atomic E-state index is 0.234. The molecule has 0 bridgehead atoms. The number of rotatable bonds is 3. The Balaban J connectivity index is 1.38. The second-order valence-corrected chi connectivity index (χ2v) is 8.43. The smallest absolute Gasteiger partial charge is 0.236 e. The summed E-state index contributed by atoms with van der Waals surface area (Å²) in [5.74, 6) is 1.18. The Morgan fingerprint density at radius 3 is 2.75 bits per heavy atom. The molecule has 3 aliphatic heterocycles. The lowest BCUT2D eigenvalue weighted by Crippen LogP contribution is -2.50. The lowest BCUT2D eigenvalue weighted by Gasteiger charge is -2.45. The quantitative estimate of drug-likeness (QED) is 0.790. The van der Waals surface area contributed by atoms with Gasteiger partial charge in [-0.05, 0) is 69.1 Å². The number of nitrogens with zero attached hydrogens (tertiary/aromatic N) is 3. The summed E-state index contributed by atoms with van der Waals surface area (Å²) in [7, 11) is 3.87. The van der Waals surface area contributed by atoms with Gasteiger partial charge in [-0.2, -0.15) is 0 Å². The van der Waals surface area contributed by atoms with Crippen molar-refractivity contribution >= 4 is 5.91 Å². The summed E-state index contributed by atoms with van der Waals surface area (Å²) in [6.45, 7) is 7.02. The molecule has 0 radical (unpaired) electrons. The van der Waals surface area contributed by atoms with Crippen molar-refractivity contribution in [1.29, 1.82) is 0 Å². The third-order valence-corrected chi connectivity index (χ3v) is 6.65. The first kappa shape index (κ1) is 19.7. The molecule has 0 atom stereocenters. The number of hydrogen-bond acceptors (Lipinski definition) is 5. The number of methoxy groups -OCH3 is 1. The maximum Gasteiger partial charge on any atom is 0.236 e. The molecule has 6 nitrogen and oxygen atoms in total. The zero-order valence-corrected chi connectivity index (χ0v) is 17.3. The van der Waals surface area contributed by atoms with Crippen LogP contribution in [0.5, 0.6) is 5.75 Å². The average molecular weight is 388 g/mol. The number of piperidine rings is 1. The van der Waals surface area contributed by atoms with Gasteiger partial charge in [-0.3, -0.25) is 9.69 Å². The fourth-order valence-electron chi connectivity index (χ4n) is 4.86. The van der Waals surface area contributed by atoms with Crippen LogP contribution in [0.25, 0.3) is 0 Å². The van der Waals surface area contributed by atoms with Gasteiger partial charge in [0, 0.05) is 26.2 Å². The van der Waals surface area contributed by atoms with Gasteiger partial charge in [-0.25, -0.2) is 0 Å². The van der Waals surface area contributed by atoms with E-state index in [2.05, 4.69) is 29.0 Å². The van der Waals surface area contributed by atoms with Crippen molar-refractivity contribution in [2.75, 3.05) is 66.6 Å². The van der Waals surface area contributed by atoms with E-state index in [9.17, 15) is 4.79 Å². The number of amides is 1. The summed E-state index contributed by atoms with van der Waals surface area (Å²) >= 11 is 0. The molecule has 0 aromatic heterocycles. The Morgan fingerprint density at radius 1 is 1.14 bits per heavy atom. The molecule has 3 aliphatic rings. The summed E-state index contributed by atoms with van der Waals surface area (Å²) in [6, 6.07) is 6.34. The highest BCUT2D eigenvalue weighted by atomic mass is 16.5. The Kier molecular flexibility index (Phi) is 5.90. The molecule has 1 aromatic rings. The maximum absolute atomic E-state index is 12.9. The Hall–Kier alpha value is -1.63. The summed E-state index contributed by atoms with van der Waals surface area (Å²) in [5.41, 5.74) is 2.39. The van der Waals surface area contributed by atoms with Crippen LogP contribution in [0.15, 0.2) is 18.2 Å². The highest BCUT2D eigenvalue weighted by molar-refractivity contribution is 5.78. The molecule has 1 spiro atoms. The molecule has 3 heterocycles. The summed E-state index contributed by atoms with van der Waals surface area (Å²) in [6.07, 6.45) is 3.82. The molecule has 1 aromatic carbocycles. The third-order valence-electron chi connectivity index (χ3n) is 6.65. The van der Waals surface area contributed by atoms with E-state index in [0.717, 1.165) is 77.3 Å². The lowest BCUT2D eigenvalue weighted by molar-refractivity contribution is -0.141. The van der Waals surface area contributed by atoms with Gasteiger partial charge in [0.05, 0.1) is 25.9 Å². The van der Waals surface area contributed by atoms with Gasteiger partial charge in [0.2, 0.25) is 5.91 Å². The van der Waals surface area contributed by atoms with Crippen LogP contribution in [0.3, 0.4) is 0 Å². The molecule has 0 unspecified atom stereocenters. The molecule has 6 heteroatoms. The number of carbonyl (C=O) groups is 1. The van der Waals surface area contributed by atoms with Gasteiger partial charge >= 0.3 is 0 Å². The summed E-state index contributed by atoms with van der Waals surface area (Å²) in [4.78, 5) is 19.6. The van der Waals surface area contributed by atoms with E-state index in [0.29, 0.717) is 6.54 Å². The molecule has 2 fully saturated rings. The van der Waals surface area contributed by atoms with Crippen LogP contribution >= 0.6 is 0 Å². The SMILES string of the molecule is COc1ccc2c(c1)CCOC21CCN(C(=O)CN2CCCN(C)CC2)CC1. The third kappa shape index (κ3) is 4.04. The van der Waals surface area contributed by atoms with Gasteiger partial charge in [-0.1, -0.05) is 6.07 Å². The number of likely N-dealkylation sites (tertiary alicyclic amines) is 1. The van der Waals surface area contributed by atoms with Gasteiger partial charge in [0.25, 0.3) is 0 Å². The monoisotopic (exact) mass is 387 g/mol. The maximum atomic E-state index is 12.9. The molecule has 28 heavy (non-hydrogen) atoms. The fourth-order valence-corrected chi connectivity index (χ4v) is 4.86. The van der Waals surface area contributed by atoms with E-state index < -0.39 is 0 Å². The van der Waals surface area contributed by atoms with Crippen LogP contribution in [-0.2, 0) is 21.6 Å². The summed E-state index contributed by atoms with van der Waals surface area (Å²) in [5, 5.41) is 0. The van der Waals surface area contributed by atoms with E-state index in [1.807, 2.05) is 11.0 Å². The van der Waals surface area contributed by atoms with Crippen molar-refractivity contribution in [3.05, 3.63) is 29.3 Å². The fraction of sp³-hybridized carbons (Fsp3) is 0.682. The van der Waals surface area contributed by atoms with Crippen molar-refractivity contribution in [2.24, 2.45) is 0 Å². The number of likely N-dealkylation sites (N-methyl/N-ethyl adjacent to an activating group) is 1. The number of benzene rings is 1. The van der Waals surface area contributed by atoms with Crippen molar-refractivity contribution < 1.29 is 14.3 Å². The normalized spacial score (nSPS) is 23.3. The first-order valence-corrected chi connectivity index (χ1v) is 10.6. The minimum Gasteiger partial charge on any atom is -0.497 e. The molecule has 1 amide bonds. The topological polar surface area (TPSA) is 45.3 Å². The van der Waals surface area contributed by atoms with E-state index in [-0.39, 0.29) is 11.5 Å². The molecular weight excluding hydrogens is 354 g/mol. The van der Waals surface area contributed by atoms with Crippen LogP contribution in [0, 0.1) is 0 Å². The van der Waals surface area contributed by atoms with Crippen LogP contribution in [0.2, 0.25) is 0 Å². The highest BCUT2D eigenvalue weighted by Crippen LogP contribution is 2.42. The zero-order chi connectivity index (χ0) is 19.6. The number of carbonyl (C=O) groups excluding carboxylic acids is 1. The van der Waals surface area contributed by atoms with Gasteiger partial charge < -0.3 is 19.3 Å².